The van der Waals surface area contributed by atoms with Crippen LogP contribution in [0.25, 0.3) is 0 Å². The minimum Gasteiger partial charge on any atom is -0.312 e. The number of amides is 2. The Morgan fingerprint density at radius 2 is 1.89 bits per heavy atom. The predicted molar refractivity (Wildman–Crippen MR) is 118 cm³/mol. The highest BCUT2D eigenvalue weighted by Gasteiger charge is 2.35. The molecule has 2 aromatic carbocycles. The van der Waals surface area contributed by atoms with E-state index in [1.807, 2.05) is 52.6 Å². The van der Waals surface area contributed by atoms with Crippen molar-refractivity contribution in [3.05, 3.63) is 86.1 Å². The summed E-state index contributed by atoms with van der Waals surface area (Å²) in [7, 11) is 0. The summed E-state index contributed by atoms with van der Waals surface area (Å²) in [5.74, 6) is 0. The van der Waals surface area contributed by atoms with Gasteiger partial charge < -0.3 is 10.2 Å². The number of nitrogens with one attached hydrogen (secondary N) is 1. The SMILES string of the molecule is CCc1c(C)sc2c1CCN(C(=O)Nc1ccccc1Cl)[C@@H]2c1ccccc1. The quantitative estimate of drug-likeness (QED) is 0.528. The molecule has 3 aromatic rings. The molecule has 5 heteroatoms. The van der Waals surface area contributed by atoms with Gasteiger partial charge in [-0.05, 0) is 48.6 Å². The lowest BCUT2D eigenvalue weighted by Gasteiger charge is -2.36. The average Bonchev–Trinajstić information content (AvgIpc) is 3.04. The zero-order chi connectivity index (χ0) is 19.7. The first-order valence-electron chi connectivity index (χ1n) is 9.58. The molecule has 1 aliphatic heterocycles. The summed E-state index contributed by atoms with van der Waals surface area (Å²) >= 11 is 8.08. The number of hydrogen-bond acceptors (Lipinski definition) is 2. The van der Waals surface area contributed by atoms with Crippen LogP contribution in [-0.2, 0) is 12.8 Å². The van der Waals surface area contributed by atoms with Crippen molar-refractivity contribution in [3.63, 3.8) is 0 Å². The van der Waals surface area contributed by atoms with Crippen molar-refractivity contribution >= 4 is 34.7 Å². The highest BCUT2D eigenvalue weighted by molar-refractivity contribution is 7.12. The van der Waals surface area contributed by atoms with Gasteiger partial charge >= 0.3 is 6.03 Å². The molecular weight excluding hydrogens is 388 g/mol. The van der Waals surface area contributed by atoms with Crippen LogP contribution in [0.1, 0.15) is 39.4 Å². The van der Waals surface area contributed by atoms with Gasteiger partial charge in [0, 0.05) is 16.3 Å². The largest absolute Gasteiger partial charge is 0.322 e. The van der Waals surface area contributed by atoms with Gasteiger partial charge in [0.2, 0.25) is 0 Å². The van der Waals surface area contributed by atoms with Crippen LogP contribution < -0.4 is 5.32 Å². The van der Waals surface area contributed by atoms with Crippen molar-refractivity contribution in [2.45, 2.75) is 32.7 Å². The zero-order valence-corrected chi connectivity index (χ0v) is 17.6. The van der Waals surface area contributed by atoms with Crippen molar-refractivity contribution < 1.29 is 4.79 Å². The number of benzene rings is 2. The van der Waals surface area contributed by atoms with Crippen LogP contribution in [0.4, 0.5) is 10.5 Å². The molecular formula is C23H23ClN2OS. The maximum atomic E-state index is 13.2. The summed E-state index contributed by atoms with van der Waals surface area (Å²) in [6.45, 7) is 5.09. The molecule has 0 aliphatic carbocycles. The molecule has 0 saturated carbocycles. The second-order valence-corrected chi connectivity index (χ2v) is 8.66. The Labute approximate surface area is 175 Å². The molecule has 0 saturated heterocycles. The number of aryl methyl sites for hydroxylation is 1. The van der Waals surface area contributed by atoms with Gasteiger partial charge in [-0.25, -0.2) is 4.79 Å². The summed E-state index contributed by atoms with van der Waals surface area (Å²) in [4.78, 5) is 17.8. The molecule has 0 radical (unpaired) electrons. The molecule has 4 rings (SSSR count). The Kier molecular flexibility index (Phi) is 5.42. The fourth-order valence-electron chi connectivity index (χ4n) is 4.04. The van der Waals surface area contributed by atoms with E-state index in [0.29, 0.717) is 17.3 Å². The first-order chi connectivity index (χ1) is 13.6. The number of urea groups is 1. The zero-order valence-electron chi connectivity index (χ0n) is 16.0. The molecule has 2 amide bonds. The summed E-state index contributed by atoms with van der Waals surface area (Å²) in [6.07, 6.45) is 1.92. The third-order valence-corrected chi connectivity index (χ3v) is 6.93. The van der Waals surface area contributed by atoms with E-state index in [9.17, 15) is 4.79 Å². The monoisotopic (exact) mass is 410 g/mol. The number of para-hydroxylation sites is 1. The van der Waals surface area contributed by atoms with E-state index in [2.05, 4.69) is 31.3 Å². The minimum atomic E-state index is -0.114. The van der Waals surface area contributed by atoms with Crippen LogP contribution in [0.15, 0.2) is 54.6 Å². The van der Waals surface area contributed by atoms with Gasteiger partial charge in [0.1, 0.15) is 0 Å². The van der Waals surface area contributed by atoms with Crippen molar-refractivity contribution in [3.8, 4) is 0 Å². The molecule has 28 heavy (non-hydrogen) atoms. The Morgan fingerprint density at radius 3 is 2.61 bits per heavy atom. The molecule has 1 N–H and O–H groups in total. The predicted octanol–water partition coefficient (Wildman–Crippen LogP) is 6.45. The van der Waals surface area contributed by atoms with Crippen molar-refractivity contribution in [1.82, 2.24) is 4.90 Å². The Morgan fingerprint density at radius 1 is 1.18 bits per heavy atom. The Balaban J connectivity index is 1.74. The van der Waals surface area contributed by atoms with E-state index in [-0.39, 0.29) is 12.1 Å². The van der Waals surface area contributed by atoms with E-state index >= 15 is 0 Å². The van der Waals surface area contributed by atoms with Gasteiger partial charge in [0.05, 0.1) is 16.8 Å². The van der Waals surface area contributed by atoms with Crippen molar-refractivity contribution in [2.75, 3.05) is 11.9 Å². The lowest BCUT2D eigenvalue weighted by Crippen LogP contribution is -2.42. The first kappa shape index (κ1) is 19.0. The van der Waals surface area contributed by atoms with Gasteiger partial charge in [-0.15, -0.1) is 11.3 Å². The average molecular weight is 411 g/mol. The number of halogens is 1. The van der Waals surface area contributed by atoms with E-state index < -0.39 is 0 Å². The van der Waals surface area contributed by atoms with Crippen LogP contribution in [0, 0.1) is 6.92 Å². The van der Waals surface area contributed by atoms with Crippen LogP contribution in [-0.4, -0.2) is 17.5 Å². The van der Waals surface area contributed by atoms with Crippen LogP contribution >= 0.6 is 22.9 Å². The number of rotatable bonds is 3. The number of carbonyl (C=O) groups excluding carboxylic acids is 1. The van der Waals surface area contributed by atoms with Crippen LogP contribution in [0.3, 0.4) is 0 Å². The van der Waals surface area contributed by atoms with Gasteiger partial charge in [-0.2, -0.15) is 0 Å². The van der Waals surface area contributed by atoms with E-state index in [4.69, 9.17) is 11.6 Å². The molecule has 0 spiro atoms. The number of anilines is 1. The molecule has 1 atom stereocenters. The number of fused-ring (bicyclic) bond motifs is 1. The maximum Gasteiger partial charge on any atom is 0.322 e. The maximum absolute atomic E-state index is 13.2. The summed E-state index contributed by atoms with van der Waals surface area (Å²) in [5.41, 5.74) is 4.66. The second-order valence-electron chi connectivity index (χ2n) is 7.00. The molecule has 0 unspecified atom stereocenters. The summed E-state index contributed by atoms with van der Waals surface area (Å²) in [5, 5.41) is 3.55. The molecule has 1 aliphatic rings. The smallest absolute Gasteiger partial charge is 0.312 e. The molecule has 0 fully saturated rings. The van der Waals surface area contributed by atoms with Crippen molar-refractivity contribution in [1.29, 1.82) is 0 Å². The standard InChI is InChI=1S/C23H23ClN2OS/c1-3-17-15(2)28-22-18(17)13-14-26(21(22)16-9-5-4-6-10-16)23(27)25-20-12-8-7-11-19(20)24/h4-12,21H,3,13-14H2,1-2H3,(H,25,27)/t21-/m1/s1. The topological polar surface area (TPSA) is 32.3 Å². The Hall–Kier alpha value is -2.30. The fraction of sp³-hybridized carbons (Fsp3) is 0.261. The van der Waals surface area contributed by atoms with E-state index in [0.717, 1.165) is 18.4 Å². The van der Waals surface area contributed by atoms with Crippen LogP contribution in [0.5, 0.6) is 0 Å². The minimum absolute atomic E-state index is 0.0727. The number of carbonyl (C=O) groups is 1. The van der Waals surface area contributed by atoms with Gasteiger partial charge in [-0.3, -0.25) is 0 Å². The normalized spacial score (nSPS) is 16.0. The van der Waals surface area contributed by atoms with Gasteiger partial charge in [-0.1, -0.05) is 61.0 Å². The lowest BCUT2D eigenvalue weighted by atomic mass is 9.92. The highest BCUT2D eigenvalue weighted by atomic mass is 35.5. The fourth-order valence-corrected chi connectivity index (χ4v) is 5.67. The summed E-state index contributed by atoms with van der Waals surface area (Å²) < 4.78 is 0. The number of nitrogens with zero attached hydrogens (tertiary/aromatic N) is 1. The van der Waals surface area contributed by atoms with Crippen LogP contribution in [0.2, 0.25) is 5.02 Å². The number of hydrogen-bond donors (Lipinski definition) is 1. The van der Waals surface area contributed by atoms with Crippen molar-refractivity contribution in [2.24, 2.45) is 0 Å². The van der Waals surface area contributed by atoms with Gasteiger partial charge in [0.25, 0.3) is 0 Å². The summed E-state index contributed by atoms with van der Waals surface area (Å²) in [6, 6.07) is 17.5. The van der Waals surface area contributed by atoms with Gasteiger partial charge in [0.15, 0.2) is 0 Å². The second kappa shape index (κ2) is 7.98. The molecule has 1 aromatic heterocycles. The third kappa shape index (κ3) is 3.43. The lowest BCUT2D eigenvalue weighted by molar-refractivity contribution is 0.195. The highest BCUT2D eigenvalue weighted by Crippen LogP contribution is 2.43. The van der Waals surface area contributed by atoms with E-state index in [1.165, 1.54) is 20.9 Å². The molecule has 2 heterocycles. The first-order valence-corrected chi connectivity index (χ1v) is 10.8. The molecule has 3 nitrogen and oxygen atoms in total. The van der Waals surface area contributed by atoms with E-state index in [1.54, 1.807) is 6.07 Å². The Bertz CT molecular complexity index is 999. The molecule has 0 bridgehead atoms. The third-order valence-electron chi connectivity index (χ3n) is 5.36. The number of thiophene rings is 1. The molecule has 144 valence electrons.